The molecular weight excluding hydrogens is 1000 g/mol. The SMILES string of the molecule is CC(C)(C)c1ccc(N(c2ccc3cc4c(cc3c2)oc2cc3cc(N(c5ccc(C(C)(C)C)cc5)c5c(-c6ccccc6)c6ccccc6c6ccccc56)ccc3cc24)c2c(-c3ccccc3)c3ccccc3c3ccccc23)cc1. The highest BCUT2D eigenvalue weighted by molar-refractivity contribution is 6.24. The van der Waals surface area contributed by atoms with Crippen molar-refractivity contribution in [1.29, 1.82) is 0 Å². The molecule has 0 amide bonds. The Morgan fingerprint density at radius 1 is 0.253 bits per heavy atom. The van der Waals surface area contributed by atoms with Gasteiger partial charge in [-0.15, -0.1) is 0 Å². The van der Waals surface area contributed by atoms with Crippen molar-refractivity contribution in [3.63, 3.8) is 0 Å². The number of hydrogen-bond acceptors (Lipinski definition) is 3. The summed E-state index contributed by atoms with van der Waals surface area (Å²) in [6, 6.07) is 98.8. The van der Waals surface area contributed by atoms with Crippen LogP contribution in [0.3, 0.4) is 0 Å². The van der Waals surface area contributed by atoms with Gasteiger partial charge in [0.2, 0.25) is 0 Å². The van der Waals surface area contributed by atoms with E-state index in [-0.39, 0.29) is 10.8 Å². The van der Waals surface area contributed by atoms with Crippen LogP contribution in [-0.2, 0) is 10.8 Å². The maximum Gasteiger partial charge on any atom is 0.136 e. The van der Waals surface area contributed by atoms with Crippen LogP contribution < -0.4 is 9.80 Å². The summed E-state index contributed by atoms with van der Waals surface area (Å²) in [6.45, 7) is 13.7. The lowest BCUT2D eigenvalue weighted by Crippen LogP contribution is -2.14. The molecule has 1 heterocycles. The largest absolute Gasteiger partial charge is 0.456 e. The molecule has 0 unspecified atom stereocenters. The van der Waals surface area contributed by atoms with Gasteiger partial charge < -0.3 is 14.2 Å². The topological polar surface area (TPSA) is 19.6 Å². The minimum absolute atomic E-state index is 0.00231. The van der Waals surface area contributed by atoms with Gasteiger partial charge in [0.15, 0.2) is 0 Å². The predicted molar refractivity (Wildman–Crippen MR) is 356 cm³/mol. The zero-order chi connectivity index (χ0) is 56.1. The Morgan fingerprint density at radius 3 is 0.928 bits per heavy atom. The Hall–Kier alpha value is -9.96. The molecular formula is C80H62N2O. The second kappa shape index (κ2) is 19.4. The molecule has 0 bridgehead atoms. The second-order valence-corrected chi connectivity index (χ2v) is 24.5. The third-order valence-electron chi connectivity index (χ3n) is 17.2. The number of benzene rings is 14. The van der Waals surface area contributed by atoms with Gasteiger partial charge >= 0.3 is 0 Å². The van der Waals surface area contributed by atoms with Crippen molar-refractivity contribution < 1.29 is 4.42 Å². The number of rotatable bonds is 8. The first kappa shape index (κ1) is 50.0. The number of furan rings is 1. The minimum atomic E-state index is 0.00231. The van der Waals surface area contributed by atoms with Crippen molar-refractivity contribution in [2.45, 2.75) is 52.4 Å². The van der Waals surface area contributed by atoms with E-state index in [1.807, 2.05) is 0 Å². The van der Waals surface area contributed by atoms with Gasteiger partial charge in [-0.2, -0.15) is 0 Å². The zero-order valence-electron chi connectivity index (χ0n) is 47.7. The Kier molecular flexibility index (Phi) is 11.7. The third kappa shape index (κ3) is 8.49. The van der Waals surface area contributed by atoms with Crippen LogP contribution in [0.4, 0.5) is 34.1 Å². The zero-order valence-corrected chi connectivity index (χ0v) is 47.7. The molecule has 14 aromatic carbocycles. The van der Waals surface area contributed by atoms with E-state index in [4.69, 9.17) is 4.42 Å². The maximum atomic E-state index is 7.04. The third-order valence-corrected chi connectivity index (χ3v) is 17.2. The van der Waals surface area contributed by atoms with E-state index in [0.29, 0.717) is 0 Å². The first-order valence-corrected chi connectivity index (χ1v) is 29.1. The monoisotopic (exact) mass is 1070 g/mol. The van der Waals surface area contributed by atoms with Gasteiger partial charge in [-0.25, -0.2) is 0 Å². The van der Waals surface area contributed by atoms with Gasteiger partial charge in [-0.05, 0) is 160 Å². The summed E-state index contributed by atoms with van der Waals surface area (Å²) < 4.78 is 7.04. The average molecular weight is 1070 g/mol. The molecule has 0 saturated heterocycles. The van der Waals surface area contributed by atoms with E-state index in [1.54, 1.807) is 0 Å². The molecule has 83 heavy (non-hydrogen) atoms. The summed E-state index contributed by atoms with van der Waals surface area (Å²) in [4.78, 5) is 4.98. The van der Waals surface area contributed by atoms with Crippen LogP contribution in [0.1, 0.15) is 52.7 Å². The molecule has 0 saturated carbocycles. The van der Waals surface area contributed by atoms with Crippen molar-refractivity contribution in [2.24, 2.45) is 0 Å². The Morgan fingerprint density at radius 2 is 0.566 bits per heavy atom. The Balaban J connectivity index is 0.915. The molecule has 0 atom stereocenters. The van der Waals surface area contributed by atoms with Gasteiger partial charge in [0.1, 0.15) is 11.2 Å². The summed E-state index contributed by atoms with van der Waals surface area (Å²) >= 11 is 0. The quantitative estimate of drug-likeness (QED) is 0.141. The van der Waals surface area contributed by atoms with Crippen LogP contribution in [-0.4, -0.2) is 0 Å². The van der Waals surface area contributed by atoms with E-state index in [0.717, 1.165) is 77.6 Å². The predicted octanol–water partition coefficient (Wildman–Crippen LogP) is 23.4. The first-order chi connectivity index (χ1) is 40.4. The molecule has 0 aliphatic rings. The van der Waals surface area contributed by atoms with E-state index >= 15 is 0 Å². The normalized spacial score (nSPS) is 12.2. The van der Waals surface area contributed by atoms with E-state index in [2.05, 4.69) is 318 Å². The van der Waals surface area contributed by atoms with Crippen LogP contribution in [0.25, 0.3) is 109 Å². The molecule has 0 spiro atoms. The number of nitrogens with zero attached hydrogens (tertiary/aromatic N) is 2. The van der Waals surface area contributed by atoms with Crippen LogP contribution >= 0.6 is 0 Å². The molecule has 3 nitrogen and oxygen atoms in total. The van der Waals surface area contributed by atoms with Crippen molar-refractivity contribution in [2.75, 3.05) is 9.80 Å². The van der Waals surface area contributed by atoms with Crippen LogP contribution in [0.15, 0.2) is 271 Å². The fraction of sp³-hybridized carbons (Fsp3) is 0.100. The van der Waals surface area contributed by atoms with Crippen molar-refractivity contribution in [1.82, 2.24) is 0 Å². The molecule has 0 radical (unpaired) electrons. The smallest absolute Gasteiger partial charge is 0.136 e. The lowest BCUT2D eigenvalue weighted by Gasteiger charge is -2.31. The highest BCUT2D eigenvalue weighted by atomic mass is 16.3. The molecule has 15 aromatic rings. The number of anilines is 6. The molecule has 0 fully saturated rings. The van der Waals surface area contributed by atoms with Gasteiger partial charge in [0.25, 0.3) is 0 Å². The summed E-state index contributed by atoms with van der Waals surface area (Å²) in [6.07, 6.45) is 0. The molecule has 3 heteroatoms. The molecule has 0 aliphatic carbocycles. The molecule has 398 valence electrons. The summed E-state index contributed by atoms with van der Waals surface area (Å²) in [5, 5.41) is 16.5. The van der Waals surface area contributed by atoms with Crippen molar-refractivity contribution in [3.05, 3.63) is 278 Å². The van der Waals surface area contributed by atoms with Gasteiger partial charge in [0, 0.05) is 55.4 Å². The maximum absolute atomic E-state index is 7.04. The molecule has 1 aromatic heterocycles. The van der Waals surface area contributed by atoms with Crippen molar-refractivity contribution >= 4 is 121 Å². The van der Waals surface area contributed by atoms with Crippen LogP contribution in [0.5, 0.6) is 0 Å². The van der Waals surface area contributed by atoms with Gasteiger partial charge in [-0.1, -0.05) is 236 Å². The van der Waals surface area contributed by atoms with E-state index in [1.165, 1.54) is 76.5 Å². The highest BCUT2D eigenvalue weighted by Crippen LogP contribution is 2.52. The fourth-order valence-electron chi connectivity index (χ4n) is 13.1. The van der Waals surface area contributed by atoms with E-state index < -0.39 is 0 Å². The summed E-state index contributed by atoms with van der Waals surface area (Å²) in [5.41, 5.74) is 15.7. The first-order valence-electron chi connectivity index (χ1n) is 29.1. The highest BCUT2D eigenvalue weighted by Gasteiger charge is 2.27. The minimum Gasteiger partial charge on any atom is -0.456 e. The lowest BCUT2D eigenvalue weighted by atomic mass is 9.86. The molecule has 0 N–H and O–H groups in total. The standard InChI is InChI=1S/C80H62N2O/c1-79(2,3)57-35-41-59(42-36-57)81(77-69-31-19-15-27-65(69)63-25-13-17-29-67(63)75(77)51-21-9-7-10-22-51)61-39-33-53-47-71-72-48-54-34-40-62(46-56(54)50-74(72)83-73(71)49-55(53)45-61)82(60-43-37-58(38-44-60)80(4,5)6)78-70-32-20-16-28-66(70)64-26-14-18-30-68(64)76(78)52-23-11-8-12-24-52/h7-50H,1-6H3. The fourth-order valence-corrected chi connectivity index (χ4v) is 13.1. The van der Waals surface area contributed by atoms with Crippen LogP contribution in [0, 0.1) is 0 Å². The van der Waals surface area contributed by atoms with Crippen LogP contribution in [0.2, 0.25) is 0 Å². The number of fused-ring (bicyclic) bond motifs is 11. The molecule has 15 rings (SSSR count). The second-order valence-electron chi connectivity index (χ2n) is 24.5. The number of hydrogen-bond donors (Lipinski definition) is 0. The van der Waals surface area contributed by atoms with Gasteiger partial charge in [-0.3, -0.25) is 0 Å². The Bertz CT molecular complexity index is 4710. The lowest BCUT2D eigenvalue weighted by molar-refractivity contribution is 0.590. The summed E-state index contributed by atoms with van der Waals surface area (Å²) in [7, 11) is 0. The van der Waals surface area contributed by atoms with Gasteiger partial charge in [0.05, 0.1) is 11.4 Å². The van der Waals surface area contributed by atoms with Crippen molar-refractivity contribution in [3.8, 4) is 22.3 Å². The summed E-state index contributed by atoms with van der Waals surface area (Å²) in [5.74, 6) is 0. The molecule has 0 aliphatic heterocycles. The Labute approximate surface area is 484 Å². The van der Waals surface area contributed by atoms with E-state index in [9.17, 15) is 0 Å². The average Bonchev–Trinajstić information content (AvgIpc) is 3.75.